The summed E-state index contributed by atoms with van der Waals surface area (Å²) in [5.41, 5.74) is 6.54. The Hall–Kier alpha value is -1.06. The van der Waals surface area contributed by atoms with Gasteiger partial charge in [-0.05, 0) is 12.8 Å². The number of aromatic nitrogens is 1. The monoisotopic (exact) mass is 326 g/mol. The third-order valence-electron chi connectivity index (χ3n) is 3.93. The number of amides is 1. The normalized spacial score (nSPS) is 26.2. The number of carbonyl (C=O) groups is 1. The summed E-state index contributed by atoms with van der Waals surface area (Å²) in [6.45, 7) is 4.66. The molecule has 0 bridgehead atoms. The fourth-order valence-electron chi connectivity index (χ4n) is 2.68. The number of anilines is 1. The molecule has 0 radical (unpaired) electrons. The van der Waals surface area contributed by atoms with Crippen molar-refractivity contribution in [3.63, 3.8) is 0 Å². The van der Waals surface area contributed by atoms with E-state index >= 15 is 0 Å². The number of nitrogens with zero attached hydrogens (tertiary/aromatic N) is 2. The highest BCUT2D eigenvalue weighted by molar-refractivity contribution is 7.13. The van der Waals surface area contributed by atoms with Crippen molar-refractivity contribution in [2.45, 2.75) is 31.6 Å². The highest BCUT2D eigenvalue weighted by Crippen LogP contribution is 2.22. The molecule has 2 aliphatic rings. The lowest BCUT2D eigenvalue weighted by molar-refractivity contribution is -0.126. The molecule has 0 unspecified atom stereocenters. The van der Waals surface area contributed by atoms with E-state index in [1.807, 2.05) is 5.38 Å². The van der Waals surface area contributed by atoms with Crippen LogP contribution in [0.1, 0.15) is 18.5 Å². The van der Waals surface area contributed by atoms with Gasteiger partial charge in [0.1, 0.15) is 6.10 Å². The average Bonchev–Trinajstić information content (AvgIpc) is 3.17. The molecule has 3 N–H and O–H groups in total. The van der Waals surface area contributed by atoms with Gasteiger partial charge in [0, 0.05) is 31.6 Å². The number of nitrogens with two attached hydrogens (primary N) is 1. The molecule has 8 heteroatoms. The minimum absolute atomic E-state index is 0.00364. The first-order valence-corrected chi connectivity index (χ1v) is 8.53. The van der Waals surface area contributed by atoms with Gasteiger partial charge in [0.05, 0.1) is 25.0 Å². The number of carbonyl (C=O) groups excluding carboxylic acids is 1. The van der Waals surface area contributed by atoms with Crippen molar-refractivity contribution in [3.8, 4) is 0 Å². The lowest BCUT2D eigenvalue weighted by Crippen LogP contribution is -2.35. The summed E-state index contributed by atoms with van der Waals surface area (Å²) in [4.78, 5) is 18.9. The van der Waals surface area contributed by atoms with Gasteiger partial charge in [0.15, 0.2) is 5.13 Å². The second-order valence-corrected chi connectivity index (χ2v) is 6.44. The van der Waals surface area contributed by atoms with Crippen LogP contribution in [-0.2, 0) is 20.8 Å². The Morgan fingerprint density at radius 3 is 3.00 bits per heavy atom. The summed E-state index contributed by atoms with van der Waals surface area (Å²) < 4.78 is 10.9. The van der Waals surface area contributed by atoms with Gasteiger partial charge in [-0.2, -0.15) is 0 Å². The predicted octanol–water partition coefficient (Wildman–Crippen LogP) is 0.420. The SMILES string of the molecule is NC[C@H]1CC[C@@H](C(=O)Nc2nc(CN3CCOCC3)cs2)O1. The maximum absolute atomic E-state index is 12.1. The Bertz CT molecular complexity index is 504. The molecule has 122 valence electrons. The summed E-state index contributed by atoms with van der Waals surface area (Å²) in [5.74, 6) is -0.122. The van der Waals surface area contributed by atoms with E-state index in [9.17, 15) is 4.79 Å². The number of thiazole rings is 1. The van der Waals surface area contributed by atoms with E-state index in [1.165, 1.54) is 11.3 Å². The molecule has 0 spiro atoms. The maximum atomic E-state index is 12.1. The molecule has 2 saturated heterocycles. The van der Waals surface area contributed by atoms with E-state index in [-0.39, 0.29) is 12.0 Å². The molecule has 7 nitrogen and oxygen atoms in total. The molecule has 1 aromatic rings. The number of ether oxygens (including phenoxy) is 2. The largest absolute Gasteiger partial charge is 0.379 e. The van der Waals surface area contributed by atoms with Crippen LogP contribution in [-0.4, -0.2) is 60.8 Å². The van der Waals surface area contributed by atoms with Gasteiger partial charge in [0.25, 0.3) is 5.91 Å². The Morgan fingerprint density at radius 2 is 2.27 bits per heavy atom. The van der Waals surface area contributed by atoms with Crippen LogP contribution in [0.25, 0.3) is 0 Å². The highest BCUT2D eigenvalue weighted by Gasteiger charge is 2.30. The maximum Gasteiger partial charge on any atom is 0.255 e. The summed E-state index contributed by atoms with van der Waals surface area (Å²) in [5, 5.41) is 5.47. The van der Waals surface area contributed by atoms with Crippen LogP contribution >= 0.6 is 11.3 Å². The molecule has 0 aliphatic carbocycles. The number of rotatable bonds is 5. The van der Waals surface area contributed by atoms with Crippen molar-refractivity contribution >= 4 is 22.4 Å². The molecule has 2 fully saturated rings. The van der Waals surface area contributed by atoms with Gasteiger partial charge in [-0.15, -0.1) is 11.3 Å². The Kier molecular flexibility index (Phi) is 5.37. The Labute approximate surface area is 133 Å². The van der Waals surface area contributed by atoms with Crippen LogP contribution in [0.3, 0.4) is 0 Å². The van der Waals surface area contributed by atoms with Crippen molar-refractivity contribution in [1.29, 1.82) is 0 Å². The van der Waals surface area contributed by atoms with Crippen LogP contribution in [0, 0.1) is 0 Å². The highest BCUT2D eigenvalue weighted by atomic mass is 32.1. The molecule has 1 amide bonds. The molecule has 2 aliphatic heterocycles. The topological polar surface area (TPSA) is 89.7 Å². The zero-order valence-electron chi connectivity index (χ0n) is 12.5. The molecule has 0 saturated carbocycles. The number of hydrogen-bond donors (Lipinski definition) is 2. The summed E-state index contributed by atoms with van der Waals surface area (Å²) in [7, 11) is 0. The van der Waals surface area contributed by atoms with Gasteiger partial charge in [-0.1, -0.05) is 0 Å². The zero-order chi connectivity index (χ0) is 15.4. The van der Waals surface area contributed by atoms with Crippen LogP contribution < -0.4 is 11.1 Å². The smallest absolute Gasteiger partial charge is 0.255 e. The van der Waals surface area contributed by atoms with Gasteiger partial charge < -0.3 is 15.2 Å². The van der Waals surface area contributed by atoms with Crippen molar-refractivity contribution in [3.05, 3.63) is 11.1 Å². The third-order valence-corrected chi connectivity index (χ3v) is 4.74. The van der Waals surface area contributed by atoms with E-state index < -0.39 is 6.10 Å². The van der Waals surface area contributed by atoms with Crippen molar-refractivity contribution in [1.82, 2.24) is 9.88 Å². The number of nitrogens with one attached hydrogen (secondary N) is 1. The van der Waals surface area contributed by atoms with Crippen LogP contribution in [0.15, 0.2) is 5.38 Å². The van der Waals surface area contributed by atoms with Crippen molar-refractivity contribution in [2.75, 3.05) is 38.2 Å². The number of morpholine rings is 1. The average molecular weight is 326 g/mol. The molecule has 0 aromatic carbocycles. The molecular formula is C14H22N4O3S. The third kappa shape index (κ3) is 4.02. The second-order valence-electron chi connectivity index (χ2n) is 5.58. The molecule has 1 aromatic heterocycles. The first-order valence-electron chi connectivity index (χ1n) is 7.65. The summed E-state index contributed by atoms with van der Waals surface area (Å²) in [6, 6.07) is 0. The lowest BCUT2D eigenvalue weighted by atomic mass is 10.2. The van der Waals surface area contributed by atoms with E-state index in [1.54, 1.807) is 0 Å². The van der Waals surface area contributed by atoms with E-state index in [0.717, 1.165) is 51.4 Å². The first kappa shape index (κ1) is 15.8. The van der Waals surface area contributed by atoms with E-state index in [4.69, 9.17) is 15.2 Å². The van der Waals surface area contributed by atoms with Gasteiger partial charge in [0.2, 0.25) is 0 Å². The summed E-state index contributed by atoms with van der Waals surface area (Å²) >= 11 is 1.45. The molecular weight excluding hydrogens is 304 g/mol. The summed E-state index contributed by atoms with van der Waals surface area (Å²) in [6.07, 6.45) is 1.16. The van der Waals surface area contributed by atoms with E-state index in [2.05, 4.69) is 15.2 Å². The van der Waals surface area contributed by atoms with Gasteiger partial charge in [-0.3, -0.25) is 15.0 Å². The van der Waals surface area contributed by atoms with Crippen LogP contribution in [0.2, 0.25) is 0 Å². The number of hydrogen-bond acceptors (Lipinski definition) is 7. The van der Waals surface area contributed by atoms with Crippen LogP contribution in [0.5, 0.6) is 0 Å². The van der Waals surface area contributed by atoms with E-state index in [0.29, 0.717) is 11.7 Å². The fraction of sp³-hybridized carbons (Fsp3) is 0.714. The second kappa shape index (κ2) is 7.47. The molecule has 3 heterocycles. The van der Waals surface area contributed by atoms with Crippen molar-refractivity contribution in [2.24, 2.45) is 5.73 Å². The molecule has 3 rings (SSSR count). The minimum atomic E-state index is -0.403. The van der Waals surface area contributed by atoms with Gasteiger partial charge in [-0.25, -0.2) is 4.98 Å². The fourth-order valence-corrected chi connectivity index (χ4v) is 3.39. The lowest BCUT2D eigenvalue weighted by Gasteiger charge is -2.25. The standard InChI is InChI=1S/C14H22N4O3S/c15-7-11-1-2-12(21-11)13(19)17-14-16-10(9-22-14)8-18-3-5-20-6-4-18/h9,11-12H,1-8,15H2,(H,16,17,19)/t11-,12+/m1/s1. The molecule has 22 heavy (non-hydrogen) atoms. The van der Waals surface area contributed by atoms with Crippen molar-refractivity contribution < 1.29 is 14.3 Å². The zero-order valence-corrected chi connectivity index (χ0v) is 13.3. The predicted molar refractivity (Wildman–Crippen MR) is 83.8 cm³/mol. The Balaban J connectivity index is 1.49. The quantitative estimate of drug-likeness (QED) is 0.815. The molecule has 2 atom stereocenters. The van der Waals surface area contributed by atoms with Crippen LogP contribution in [0.4, 0.5) is 5.13 Å². The minimum Gasteiger partial charge on any atom is -0.379 e. The first-order chi connectivity index (χ1) is 10.7. The van der Waals surface area contributed by atoms with Gasteiger partial charge >= 0.3 is 0 Å². The Morgan fingerprint density at radius 1 is 1.45 bits per heavy atom.